The number of fused-ring (bicyclic) bond motifs is 2. The molecule has 7 rings (SSSR count). The summed E-state index contributed by atoms with van der Waals surface area (Å²) < 4.78 is 13.4. The number of rotatable bonds is 7. The van der Waals surface area contributed by atoms with Crippen LogP contribution in [-0.4, -0.2) is 62.7 Å². The Morgan fingerprint density at radius 3 is 2.81 bits per heavy atom. The third-order valence-electron chi connectivity index (χ3n) is 7.92. The van der Waals surface area contributed by atoms with Gasteiger partial charge in [-0.05, 0) is 62.3 Å². The molecule has 0 bridgehead atoms. The number of amides is 2. The number of carbonyl (C=O) groups excluding carboxylic acids is 2. The van der Waals surface area contributed by atoms with Crippen LogP contribution in [0.2, 0.25) is 0 Å². The third-order valence-corrected chi connectivity index (χ3v) is 7.92. The first-order valence-corrected chi connectivity index (χ1v) is 13.1. The number of nitrogen functional groups attached to an aromatic ring is 1. The van der Waals surface area contributed by atoms with E-state index in [0.29, 0.717) is 48.3 Å². The summed E-state index contributed by atoms with van der Waals surface area (Å²) in [4.78, 5) is 33.2. The maximum atomic E-state index is 13.5. The van der Waals surface area contributed by atoms with E-state index in [2.05, 4.69) is 17.3 Å². The van der Waals surface area contributed by atoms with Crippen molar-refractivity contribution in [3.63, 3.8) is 0 Å². The van der Waals surface area contributed by atoms with Gasteiger partial charge in [-0.1, -0.05) is 0 Å². The summed E-state index contributed by atoms with van der Waals surface area (Å²) in [5.74, 6) is 1.06. The highest BCUT2D eigenvalue weighted by atomic mass is 16.5. The highest BCUT2D eigenvalue weighted by Gasteiger charge is 2.40. The van der Waals surface area contributed by atoms with Gasteiger partial charge in [-0.3, -0.25) is 9.59 Å². The van der Waals surface area contributed by atoms with Crippen molar-refractivity contribution in [2.75, 3.05) is 18.9 Å². The van der Waals surface area contributed by atoms with E-state index >= 15 is 0 Å². The van der Waals surface area contributed by atoms with Crippen LogP contribution in [0.1, 0.15) is 65.3 Å². The summed E-state index contributed by atoms with van der Waals surface area (Å²) >= 11 is 0. The van der Waals surface area contributed by atoms with Crippen molar-refractivity contribution in [1.29, 1.82) is 0 Å². The van der Waals surface area contributed by atoms with Gasteiger partial charge in [-0.25, -0.2) is 9.50 Å². The van der Waals surface area contributed by atoms with Crippen molar-refractivity contribution < 1.29 is 19.1 Å². The molecule has 3 aromatic rings. The van der Waals surface area contributed by atoms with Gasteiger partial charge in [0.1, 0.15) is 17.4 Å². The summed E-state index contributed by atoms with van der Waals surface area (Å²) in [7, 11) is 0. The minimum atomic E-state index is -0.255. The van der Waals surface area contributed by atoms with Crippen LogP contribution in [0.4, 0.5) is 5.82 Å². The van der Waals surface area contributed by atoms with Crippen LogP contribution in [0.25, 0.3) is 16.9 Å². The van der Waals surface area contributed by atoms with Crippen LogP contribution >= 0.6 is 0 Å². The van der Waals surface area contributed by atoms with Crippen molar-refractivity contribution in [1.82, 2.24) is 24.8 Å². The highest BCUT2D eigenvalue weighted by molar-refractivity contribution is 6.05. The molecule has 4 aliphatic rings. The Hall–Kier alpha value is -3.66. The number of nitrogens with zero attached hydrogens (tertiary/aromatic N) is 4. The molecule has 2 atom stereocenters. The Kier molecular flexibility index (Phi) is 5.14. The van der Waals surface area contributed by atoms with E-state index in [4.69, 9.17) is 20.2 Å². The fourth-order valence-electron chi connectivity index (χ4n) is 5.44. The van der Waals surface area contributed by atoms with Crippen molar-refractivity contribution in [2.45, 2.75) is 63.8 Å². The Morgan fingerprint density at radius 2 is 2.08 bits per heavy atom. The molecule has 2 unspecified atom stereocenters. The molecule has 2 aromatic heterocycles. The molecule has 3 N–H and O–H groups in total. The first kappa shape index (κ1) is 22.5. The topological polar surface area (TPSA) is 124 Å². The zero-order valence-electron chi connectivity index (χ0n) is 20.8. The minimum Gasteiger partial charge on any atom is -0.487 e. The standard InChI is InChI=1S/C27H30N6O4/c1-14(15-2-3-15)32-12-17-10-16(11-21(22(17)27(32)35)37-19-7-9-36-13-19)20-6-8-33-25(30-20)23(24(28)31-33)26(34)29-18-4-5-18/h6,8,10-11,14-15,18-19H,2-5,7,9,12-13H2,1H3,(H2,28,31)(H,29,34). The summed E-state index contributed by atoms with van der Waals surface area (Å²) in [5.41, 5.74) is 9.85. The van der Waals surface area contributed by atoms with Crippen molar-refractivity contribution in [2.24, 2.45) is 5.92 Å². The molecular formula is C27H30N6O4. The summed E-state index contributed by atoms with van der Waals surface area (Å²) in [5, 5.41) is 7.26. The predicted molar refractivity (Wildman–Crippen MR) is 135 cm³/mol. The number of ether oxygens (including phenoxy) is 2. The Morgan fingerprint density at radius 1 is 1.24 bits per heavy atom. The quantitative estimate of drug-likeness (QED) is 0.509. The lowest BCUT2D eigenvalue weighted by Crippen LogP contribution is -2.34. The van der Waals surface area contributed by atoms with Crippen LogP contribution in [-0.2, 0) is 11.3 Å². The summed E-state index contributed by atoms with van der Waals surface area (Å²) in [6.07, 6.45) is 6.74. The molecule has 10 nitrogen and oxygen atoms in total. The molecule has 3 fully saturated rings. The fraction of sp³-hybridized carbons (Fsp3) is 0.481. The number of hydrogen-bond donors (Lipinski definition) is 2. The third kappa shape index (κ3) is 3.99. The molecule has 2 saturated carbocycles. The maximum absolute atomic E-state index is 13.5. The number of nitrogens with one attached hydrogen (secondary N) is 1. The second-order valence-corrected chi connectivity index (χ2v) is 10.7. The Bertz CT molecular complexity index is 1420. The predicted octanol–water partition coefficient (Wildman–Crippen LogP) is 2.79. The van der Waals surface area contributed by atoms with E-state index < -0.39 is 0 Å². The molecule has 10 heteroatoms. The van der Waals surface area contributed by atoms with Gasteiger partial charge in [0.2, 0.25) is 0 Å². The number of benzene rings is 1. The first-order chi connectivity index (χ1) is 18.0. The van der Waals surface area contributed by atoms with Crippen LogP contribution < -0.4 is 15.8 Å². The Balaban J connectivity index is 1.29. The lowest BCUT2D eigenvalue weighted by atomic mass is 10.0. The second-order valence-electron chi connectivity index (χ2n) is 10.7. The summed E-state index contributed by atoms with van der Waals surface area (Å²) in [6, 6.07) is 6.14. The number of hydrogen-bond acceptors (Lipinski definition) is 7. The molecule has 2 amide bonds. The molecule has 2 aliphatic heterocycles. The Labute approximate surface area is 214 Å². The van der Waals surface area contributed by atoms with Gasteiger partial charge >= 0.3 is 0 Å². The molecule has 0 spiro atoms. The van der Waals surface area contributed by atoms with Crippen LogP contribution in [0, 0.1) is 5.92 Å². The van der Waals surface area contributed by atoms with Gasteiger partial charge in [-0.15, -0.1) is 5.10 Å². The number of carbonyl (C=O) groups is 2. The summed E-state index contributed by atoms with van der Waals surface area (Å²) in [6.45, 7) is 3.85. The smallest absolute Gasteiger partial charge is 0.259 e. The van der Waals surface area contributed by atoms with E-state index in [9.17, 15) is 9.59 Å². The second kappa shape index (κ2) is 8.44. The van der Waals surface area contributed by atoms with Crippen LogP contribution in [0.5, 0.6) is 5.75 Å². The van der Waals surface area contributed by atoms with Gasteiger partial charge in [0.15, 0.2) is 11.5 Å². The molecule has 1 saturated heterocycles. The van der Waals surface area contributed by atoms with Gasteiger partial charge in [0, 0.05) is 36.8 Å². The van der Waals surface area contributed by atoms with E-state index in [-0.39, 0.29) is 41.4 Å². The van der Waals surface area contributed by atoms with E-state index in [1.165, 1.54) is 17.4 Å². The fourth-order valence-corrected chi connectivity index (χ4v) is 5.44. The highest BCUT2D eigenvalue weighted by Crippen LogP contribution is 2.42. The van der Waals surface area contributed by atoms with Gasteiger partial charge in [-0.2, -0.15) is 0 Å². The normalized spacial score (nSPS) is 21.9. The molecule has 2 aliphatic carbocycles. The van der Waals surface area contributed by atoms with Crippen molar-refractivity contribution >= 4 is 23.3 Å². The number of anilines is 1. The molecule has 0 radical (unpaired) electrons. The molecule has 192 valence electrons. The SMILES string of the molecule is CC(C1CC1)N1Cc2cc(-c3ccn4nc(N)c(C(=O)NC5CC5)c4n3)cc(OC3CCOC3)c2C1=O. The average molecular weight is 503 g/mol. The lowest BCUT2D eigenvalue weighted by molar-refractivity contribution is 0.0691. The molecule has 37 heavy (non-hydrogen) atoms. The number of nitrogens with two attached hydrogens (primary N) is 1. The van der Waals surface area contributed by atoms with Gasteiger partial charge in [0.25, 0.3) is 11.8 Å². The van der Waals surface area contributed by atoms with Gasteiger partial charge < -0.3 is 25.4 Å². The van der Waals surface area contributed by atoms with Crippen LogP contribution in [0.3, 0.4) is 0 Å². The lowest BCUT2D eigenvalue weighted by Gasteiger charge is -2.24. The molecular weight excluding hydrogens is 472 g/mol. The molecule has 4 heterocycles. The zero-order valence-corrected chi connectivity index (χ0v) is 20.8. The van der Waals surface area contributed by atoms with E-state index in [1.807, 2.05) is 23.1 Å². The first-order valence-electron chi connectivity index (χ1n) is 13.1. The minimum absolute atomic E-state index is 0.0286. The monoisotopic (exact) mass is 502 g/mol. The zero-order chi connectivity index (χ0) is 25.3. The van der Waals surface area contributed by atoms with Crippen molar-refractivity contribution in [3.8, 4) is 17.0 Å². The van der Waals surface area contributed by atoms with E-state index in [1.54, 1.807) is 6.20 Å². The maximum Gasteiger partial charge on any atom is 0.259 e. The molecule has 1 aromatic carbocycles. The largest absolute Gasteiger partial charge is 0.487 e. The van der Waals surface area contributed by atoms with Crippen LogP contribution in [0.15, 0.2) is 24.4 Å². The van der Waals surface area contributed by atoms with Gasteiger partial charge in [0.05, 0.1) is 24.5 Å². The van der Waals surface area contributed by atoms with E-state index in [0.717, 1.165) is 30.4 Å². The van der Waals surface area contributed by atoms with Crippen molar-refractivity contribution in [3.05, 3.63) is 41.1 Å². The number of aromatic nitrogens is 3. The average Bonchev–Trinajstić information content (AvgIpc) is 3.78.